The van der Waals surface area contributed by atoms with Gasteiger partial charge in [-0.1, -0.05) is 30.3 Å². The monoisotopic (exact) mass is 461 g/mol. The molecule has 2 fully saturated rings. The number of thioether (sulfide) groups is 1. The van der Waals surface area contributed by atoms with Crippen molar-refractivity contribution in [2.24, 2.45) is 4.99 Å². The van der Waals surface area contributed by atoms with Crippen molar-refractivity contribution in [3.63, 3.8) is 0 Å². The van der Waals surface area contributed by atoms with Crippen LogP contribution in [-0.2, 0) is 5.41 Å². The van der Waals surface area contributed by atoms with Crippen LogP contribution in [0.4, 0.5) is 0 Å². The summed E-state index contributed by atoms with van der Waals surface area (Å²) in [6, 6.07) is 10.7. The number of aliphatic hydroxyl groups is 1. The van der Waals surface area contributed by atoms with E-state index in [9.17, 15) is 5.11 Å². The Morgan fingerprint density at radius 1 is 1.21 bits per heavy atom. The predicted molar refractivity (Wildman–Crippen MR) is 114 cm³/mol. The van der Waals surface area contributed by atoms with Gasteiger partial charge in [0.2, 0.25) is 0 Å². The first-order chi connectivity index (χ1) is 11.2. The van der Waals surface area contributed by atoms with Gasteiger partial charge in [-0.05, 0) is 37.5 Å². The standard InChI is InChI=1S/C18H27N3OS.HI/c1-2-19-16(21-13-18(22)10-11-23-14-18)20-12-17(8-9-17)15-6-4-3-5-7-15;/h3-7,22H,2,8-14H2,1H3,(H2,19,20,21);1H. The highest BCUT2D eigenvalue weighted by Crippen LogP contribution is 2.47. The van der Waals surface area contributed by atoms with Crippen LogP contribution in [0.25, 0.3) is 0 Å². The van der Waals surface area contributed by atoms with Crippen molar-refractivity contribution < 1.29 is 5.11 Å². The number of benzene rings is 1. The van der Waals surface area contributed by atoms with E-state index in [1.165, 1.54) is 18.4 Å². The molecule has 1 aromatic rings. The Labute approximate surface area is 166 Å². The minimum Gasteiger partial charge on any atom is -0.387 e. The van der Waals surface area contributed by atoms with Gasteiger partial charge < -0.3 is 15.7 Å². The molecule has 6 heteroatoms. The SMILES string of the molecule is CCNC(=NCC1(O)CCSC1)NCC1(c2ccccc2)CC1.I. The second kappa shape index (κ2) is 8.76. The smallest absolute Gasteiger partial charge is 0.191 e. The van der Waals surface area contributed by atoms with Crippen molar-refractivity contribution in [3.05, 3.63) is 35.9 Å². The molecule has 0 aromatic heterocycles. The maximum Gasteiger partial charge on any atom is 0.191 e. The summed E-state index contributed by atoms with van der Waals surface area (Å²) in [6.07, 6.45) is 3.29. The highest BCUT2D eigenvalue weighted by molar-refractivity contribution is 14.0. The molecular weight excluding hydrogens is 433 g/mol. The number of nitrogens with one attached hydrogen (secondary N) is 2. The van der Waals surface area contributed by atoms with Crippen LogP contribution in [0.5, 0.6) is 0 Å². The molecule has 3 N–H and O–H groups in total. The van der Waals surface area contributed by atoms with E-state index in [0.29, 0.717) is 6.54 Å². The fourth-order valence-electron chi connectivity index (χ4n) is 3.05. The molecule has 2 aliphatic rings. The molecular formula is C18H28IN3OS. The van der Waals surface area contributed by atoms with Crippen LogP contribution in [0.15, 0.2) is 35.3 Å². The molecule has 0 spiro atoms. The molecule has 0 radical (unpaired) electrons. The average Bonchev–Trinajstić information content (AvgIpc) is 3.25. The largest absolute Gasteiger partial charge is 0.387 e. The lowest BCUT2D eigenvalue weighted by Gasteiger charge is -2.22. The van der Waals surface area contributed by atoms with Gasteiger partial charge in [-0.2, -0.15) is 11.8 Å². The van der Waals surface area contributed by atoms with E-state index < -0.39 is 5.60 Å². The first-order valence-corrected chi connectivity index (χ1v) is 9.69. The third-order valence-corrected chi connectivity index (χ3v) is 6.03. The van der Waals surface area contributed by atoms with Crippen molar-refractivity contribution >= 4 is 41.7 Å². The molecule has 1 aliphatic carbocycles. The first-order valence-electron chi connectivity index (χ1n) is 8.54. The Bertz CT molecular complexity index is 542. The molecule has 1 atom stereocenters. The van der Waals surface area contributed by atoms with E-state index in [1.807, 2.05) is 11.8 Å². The minimum absolute atomic E-state index is 0. The molecule has 0 bridgehead atoms. The van der Waals surface area contributed by atoms with E-state index in [-0.39, 0.29) is 29.4 Å². The summed E-state index contributed by atoms with van der Waals surface area (Å²) in [4.78, 5) is 4.62. The summed E-state index contributed by atoms with van der Waals surface area (Å²) in [5.74, 6) is 2.65. The highest BCUT2D eigenvalue weighted by atomic mass is 127. The normalized spacial score (nSPS) is 25.0. The van der Waals surface area contributed by atoms with E-state index >= 15 is 0 Å². The van der Waals surface area contributed by atoms with E-state index in [4.69, 9.17) is 0 Å². The van der Waals surface area contributed by atoms with Crippen molar-refractivity contribution in [2.45, 2.75) is 37.2 Å². The summed E-state index contributed by atoms with van der Waals surface area (Å²) >= 11 is 1.81. The molecule has 1 aromatic carbocycles. The Kier molecular flexibility index (Phi) is 7.24. The second-order valence-corrected chi connectivity index (χ2v) is 7.83. The third-order valence-electron chi connectivity index (χ3n) is 4.79. The fraction of sp³-hybridized carbons (Fsp3) is 0.611. The van der Waals surface area contributed by atoms with E-state index in [2.05, 4.69) is 52.9 Å². The highest BCUT2D eigenvalue weighted by Gasteiger charge is 2.44. The van der Waals surface area contributed by atoms with Gasteiger partial charge in [-0.15, -0.1) is 24.0 Å². The van der Waals surface area contributed by atoms with Crippen LogP contribution in [0, 0.1) is 0 Å². The van der Waals surface area contributed by atoms with Gasteiger partial charge in [0.05, 0.1) is 12.1 Å². The van der Waals surface area contributed by atoms with Gasteiger partial charge in [0.25, 0.3) is 0 Å². The van der Waals surface area contributed by atoms with Gasteiger partial charge in [0, 0.05) is 24.3 Å². The minimum atomic E-state index is -0.621. The summed E-state index contributed by atoms with van der Waals surface area (Å²) in [5, 5.41) is 17.2. The molecule has 1 unspecified atom stereocenters. The second-order valence-electron chi connectivity index (χ2n) is 6.72. The summed E-state index contributed by atoms with van der Waals surface area (Å²) in [5.41, 5.74) is 1.05. The maximum atomic E-state index is 10.4. The summed E-state index contributed by atoms with van der Waals surface area (Å²) in [7, 11) is 0. The zero-order chi connectivity index (χ0) is 16.2. The van der Waals surface area contributed by atoms with Crippen molar-refractivity contribution in [2.75, 3.05) is 31.1 Å². The van der Waals surface area contributed by atoms with Gasteiger partial charge in [0.15, 0.2) is 5.96 Å². The molecule has 3 rings (SSSR count). The maximum absolute atomic E-state index is 10.4. The van der Waals surface area contributed by atoms with Crippen LogP contribution in [-0.4, -0.2) is 47.8 Å². The summed E-state index contributed by atoms with van der Waals surface area (Å²) < 4.78 is 0. The molecule has 1 saturated carbocycles. The quantitative estimate of drug-likeness (QED) is 0.347. The van der Waals surface area contributed by atoms with Crippen LogP contribution in [0.2, 0.25) is 0 Å². The first kappa shape index (κ1) is 19.8. The van der Waals surface area contributed by atoms with Gasteiger partial charge in [-0.25, -0.2) is 0 Å². The number of aliphatic imine (C=N–C) groups is 1. The van der Waals surface area contributed by atoms with Crippen LogP contribution >= 0.6 is 35.7 Å². The number of guanidine groups is 1. The zero-order valence-corrected chi connectivity index (χ0v) is 17.4. The van der Waals surface area contributed by atoms with Crippen molar-refractivity contribution in [1.29, 1.82) is 0 Å². The average molecular weight is 461 g/mol. The molecule has 134 valence electrons. The molecule has 1 heterocycles. The fourth-order valence-corrected chi connectivity index (χ4v) is 4.34. The molecule has 0 amide bonds. The third kappa shape index (κ3) is 5.02. The van der Waals surface area contributed by atoms with Gasteiger partial charge in [0.1, 0.15) is 0 Å². The lowest BCUT2D eigenvalue weighted by Crippen LogP contribution is -2.43. The number of hydrogen-bond acceptors (Lipinski definition) is 3. The van der Waals surface area contributed by atoms with Crippen molar-refractivity contribution in [3.8, 4) is 0 Å². The van der Waals surface area contributed by atoms with E-state index in [1.54, 1.807) is 0 Å². The molecule has 4 nitrogen and oxygen atoms in total. The van der Waals surface area contributed by atoms with Crippen molar-refractivity contribution in [1.82, 2.24) is 10.6 Å². The zero-order valence-electron chi connectivity index (χ0n) is 14.3. The number of rotatable bonds is 6. The molecule has 1 aliphatic heterocycles. The van der Waals surface area contributed by atoms with Gasteiger partial charge in [-0.3, -0.25) is 4.99 Å². The van der Waals surface area contributed by atoms with E-state index in [0.717, 1.165) is 37.0 Å². The Morgan fingerprint density at radius 2 is 1.96 bits per heavy atom. The lowest BCUT2D eigenvalue weighted by atomic mass is 9.96. The van der Waals surface area contributed by atoms with Crippen LogP contribution in [0.1, 0.15) is 31.7 Å². The van der Waals surface area contributed by atoms with Gasteiger partial charge >= 0.3 is 0 Å². The Morgan fingerprint density at radius 3 is 2.54 bits per heavy atom. The number of hydrogen-bond donors (Lipinski definition) is 3. The Hall–Kier alpha value is -0.470. The molecule has 1 saturated heterocycles. The lowest BCUT2D eigenvalue weighted by molar-refractivity contribution is 0.0778. The van der Waals surface area contributed by atoms with Crippen LogP contribution < -0.4 is 10.6 Å². The Balaban J connectivity index is 0.00000208. The molecule has 24 heavy (non-hydrogen) atoms. The van der Waals surface area contributed by atoms with Crippen LogP contribution in [0.3, 0.4) is 0 Å². The summed E-state index contributed by atoms with van der Waals surface area (Å²) in [6.45, 7) is 4.28. The number of halogens is 1. The topological polar surface area (TPSA) is 56.7 Å². The predicted octanol–water partition coefficient (Wildman–Crippen LogP) is 2.76. The number of nitrogens with zero attached hydrogens (tertiary/aromatic N) is 1.